The highest BCUT2D eigenvalue weighted by Gasteiger charge is 2.39. The molecule has 7 aromatic carbocycles. The summed E-state index contributed by atoms with van der Waals surface area (Å²) < 4.78 is 2.38. The standard InChI is InChI=1S/C45H31NS2/c1-45(2)37-27-31(19-21-33(37)35-22-24-42-44(43(35)45)48-41-18-9-8-17-40(41)47-42)29-12-10-11-28(25-29)30-20-23-39-36(26-30)34-15-6-7-16-38(34)46(39)32-13-4-3-5-14-32/h3-27H,1-2H3. The summed E-state index contributed by atoms with van der Waals surface area (Å²) in [5, 5.41) is 2.55. The lowest BCUT2D eigenvalue weighted by Gasteiger charge is -2.28. The van der Waals surface area contributed by atoms with Crippen LogP contribution in [0.3, 0.4) is 0 Å². The fraction of sp³-hybridized carbons (Fsp3) is 0.0667. The second kappa shape index (κ2) is 10.5. The van der Waals surface area contributed by atoms with E-state index in [0.29, 0.717) is 0 Å². The molecule has 2 heterocycles. The average molecular weight is 650 g/mol. The molecular weight excluding hydrogens is 619 g/mol. The molecule has 228 valence electrons. The lowest BCUT2D eigenvalue weighted by Crippen LogP contribution is -2.17. The van der Waals surface area contributed by atoms with Gasteiger partial charge in [-0.2, -0.15) is 0 Å². The van der Waals surface area contributed by atoms with Gasteiger partial charge in [-0.25, -0.2) is 0 Å². The molecule has 0 atom stereocenters. The number of benzene rings is 7. The Bertz CT molecular complexity index is 2590. The van der Waals surface area contributed by atoms with E-state index in [2.05, 4.69) is 170 Å². The number of aromatic nitrogens is 1. The quantitative estimate of drug-likeness (QED) is 0.188. The van der Waals surface area contributed by atoms with Crippen molar-refractivity contribution in [2.24, 2.45) is 0 Å². The van der Waals surface area contributed by atoms with Crippen LogP contribution < -0.4 is 0 Å². The summed E-state index contributed by atoms with van der Waals surface area (Å²) in [6, 6.07) is 56.0. The second-order valence-electron chi connectivity index (χ2n) is 13.4. The minimum atomic E-state index is -0.0958. The Morgan fingerprint density at radius 1 is 0.458 bits per heavy atom. The monoisotopic (exact) mass is 649 g/mol. The van der Waals surface area contributed by atoms with Crippen molar-refractivity contribution in [1.29, 1.82) is 0 Å². The van der Waals surface area contributed by atoms with Crippen LogP contribution in [0.15, 0.2) is 171 Å². The molecule has 0 amide bonds. The van der Waals surface area contributed by atoms with Gasteiger partial charge in [0.15, 0.2) is 0 Å². The van der Waals surface area contributed by atoms with E-state index in [0.717, 1.165) is 0 Å². The molecule has 0 spiro atoms. The zero-order valence-corrected chi connectivity index (χ0v) is 28.3. The molecule has 1 aliphatic carbocycles. The Morgan fingerprint density at radius 3 is 1.94 bits per heavy atom. The smallest absolute Gasteiger partial charge is 0.0541 e. The van der Waals surface area contributed by atoms with Crippen molar-refractivity contribution in [3.8, 4) is 39.1 Å². The molecule has 0 bridgehead atoms. The van der Waals surface area contributed by atoms with Crippen LogP contribution in [0.1, 0.15) is 25.0 Å². The lowest BCUT2D eigenvalue weighted by molar-refractivity contribution is 0.642. The van der Waals surface area contributed by atoms with Gasteiger partial charge in [0.25, 0.3) is 0 Å². The molecule has 0 saturated heterocycles. The van der Waals surface area contributed by atoms with Crippen molar-refractivity contribution >= 4 is 45.3 Å². The maximum absolute atomic E-state index is 2.45. The normalized spacial score (nSPS) is 14.0. The summed E-state index contributed by atoms with van der Waals surface area (Å²) in [6.45, 7) is 4.82. The van der Waals surface area contributed by atoms with E-state index in [4.69, 9.17) is 0 Å². The van der Waals surface area contributed by atoms with Crippen LogP contribution in [0.5, 0.6) is 0 Å². The molecule has 8 aromatic rings. The first-order valence-corrected chi connectivity index (χ1v) is 18.1. The van der Waals surface area contributed by atoms with Gasteiger partial charge in [0, 0.05) is 41.5 Å². The van der Waals surface area contributed by atoms with Crippen LogP contribution in [0.4, 0.5) is 0 Å². The Labute approximate surface area is 289 Å². The lowest BCUT2D eigenvalue weighted by atomic mass is 9.81. The van der Waals surface area contributed by atoms with Crippen molar-refractivity contribution < 1.29 is 0 Å². The average Bonchev–Trinajstić information content (AvgIpc) is 3.59. The first-order valence-electron chi connectivity index (χ1n) is 16.5. The summed E-state index contributed by atoms with van der Waals surface area (Å²) >= 11 is 3.85. The van der Waals surface area contributed by atoms with Crippen LogP contribution in [-0.2, 0) is 5.41 Å². The molecule has 1 aliphatic heterocycles. The van der Waals surface area contributed by atoms with E-state index < -0.39 is 0 Å². The van der Waals surface area contributed by atoms with E-state index in [1.165, 1.54) is 91.6 Å². The first-order chi connectivity index (χ1) is 23.5. The zero-order chi connectivity index (χ0) is 32.0. The third-order valence-electron chi connectivity index (χ3n) is 10.2. The SMILES string of the molecule is CC1(C)c2cc(-c3cccc(-c4ccc5c(c4)c4ccccc4n5-c4ccccc4)c3)ccc2-c2ccc3c(c21)Sc1ccccc1S3. The van der Waals surface area contributed by atoms with E-state index in [1.807, 2.05) is 23.5 Å². The third-order valence-corrected chi connectivity index (χ3v) is 12.8. The first kappa shape index (κ1) is 28.1. The van der Waals surface area contributed by atoms with Crippen molar-refractivity contribution in [1.82, 2.24) is 4.57 Å². The third kappa shape index (κ3) is 4.14. The highest BCUT2D eigenvalue weighted by molar-refractivity contribution is 8.05. The number of para-hydroxylation sites is 2. The Kier molecular flexibility index (Phi) is 6.16. The maximum atomic E-state index is 2.45. The summed E-state index contributed by atoms with van der Waals surface area (Å²) in [6.07, 6.45) is 0. The van der Waals surface area contributed by atoms with Crippen LogP contribution in [0.25, 0.3) is 60.9 Å². The molecular formula is C45H31NS2. The molecule has 0 saturated carbocycles. The Hall–Kier alpha value is -4.96. The number of hydrogen-bond acceptors (Lipinski definition) is 2. The van der Waals surface area contributed by atoms with E-state index in [-0.39, 0.29) is 5.41 Å². The predicted octanol–water partition coefficient (Wildman–Crippen LogP) is 13.0. The van der Waals surface area contributed by atoms with E-state index in [1.54, 1.807) is 0 Å². The van der Waals surface area contributed by atoms with Gasteiger partial charge in [0.05, 0.1) is 11.0 Å². The second-order valence-corrected chi connectivity index (χ2v) is 15.5. The van der Waals surface area contributed by atoms with E-state index in [9.17, 15) is 0 Å². The van der Waals surface area contributed by atoms with Gasteiger partial charge in [-0.3, -0.25) is 0 Å². The summed E-state index contributed by atoms with van der Waals surface area (Å²) in [5.74, 6) is 0. The number of hydrogen-bond donors (Lipinski definition) is 0. The van der Waals surface area contributed by atoms with Crippen molar-refractivity contribution in [3.63, 3.8) is 0 Å². The molecule has 1 aromatic heterocycles. The van der Waals surface area contributed by atoms with Gasteiger partial charge < -0.3 is 4.57 Å². The molecule has 2 aliphatic rings. The van der Waals surface area contributed by atoms with Crippen LogP contribution >= 0.6 is 23.5 Å². The Balaban J connectivity index is 1.05. The largest absolute Gasteiger partial charge is 0.309 e. The van der Waals surface area contributed by atoms with Crippen LogP contribution in [0, 0.1) is 0 Å². The van der Waals surface area contributed by atoms with Crippen LogP contribution in [0.2, 0.25) is 0 Å². The maximum Gasteiger partial charge on any atom is 0.0541 e. The molecule has 0 fully saturated rings. The summed E-state index contributed by atoms with van der Waals surface area (Å²) in [4.78, 5) is 5.50. The van der Waals surface area contributed by atoms with Crippen molar-refractivity contribution in [2.45, 2.75) is 38.8 Å². The van der Waals surface area contributed by atoms with Gasteiger partial charge in [0.1, 0.15) is 0 Å². The fourth-order valence-electron chi connectivity index (χ4n) is 7.93. The molecule has 0 unspecified atom stereocenters. The van der Waals surface area contributed by atoms with Gasteiger partial charge in [-0.05, 0) is 105 Å². The molecule has 0 N–H and O–H groups in total. The van der Waals surface area contributed by atoms with Crippen molar-refractivity contribution in [2.75, 3.05) is 0 Å². The number of fused-ring (bicyclic) bond motifs is 9. The van der Waals surface area contributed by atoms with Crippen molar-refractivity contribution in [3.05, 3.63) is 163 Å². The van der Waals surface area contributed by atoms with Crippen LogP contribution in [-0.4, -0.2) is 4.57 Å². The van der Waals surface area contributed by atoms with Gasteiger partial charge in [-0.1, -0.05) is 128 Å². The van der Waals surface area contributed by atoms with Gasteiger partial charge in [0.2, 0.25) is 0 Å². The molecule has 0 radical (unpaired) electrons. The highest BCUT2D eigenvalue weighted by Crippen LogP contribution is 2.58. The predicted molar refractivity (Wildman–Crippen MR) is 204 cm³/mol. The minimum Gasteiger partial charge on any atom is -0.309 e. The Morgan fingerprint density at radius 2 is 1.10 bits per heavy atom. The topological polar surface area (TPSA) is 4.93 Å². The van der Waals surface area contributed by atoms with Gasteiger partial charge in [-0.15, -0.1) is 0 Å². The number of nitrogens with zero attached hydrogens (tertiary/aromatic N) is 1. The molecule has 10 rings (SSSR count). The molecule has 1 nitrogen and oxygen atoms in total. The highest BCUT2D eigenvalue weighted by atomic mass is 32.2. The molecule has 48 heavy (non-hydrogen) atoms. The number of rotatable bonds is 3. The summed E-state index contributed by atoms with van der Waals surface area (Å²) in [7, 11) is 0. The van der Waals surface area contributed by atoms with E-state index >= 15 is 0 Å². The summed E-state index contributed by atoms with van der Waals surface area (Å²) in [5.41, 5.74) is 14.1. The fourth-order valence-corrected chi connectivity index (χ4v) is 10.5. The molecule has 3 heteroatoms. The van der Waals surface area contributed by atoms with Gasteiger partial charge >= 0.3 is 0 Å². The minimum absolute atomic E-state index is 0.0958. The zero-order valence-electron chi connectivity index (χ0n) is 26.7.